The fraction of sp³-hybridized carbons (Fsp3) is 0.0667. The van der Waals surface area contributed by atoms with Gasteiger partial charge in [-0.2, -0.15) is 10.2 Å². The molecule has 2 N–H and O–H groups in total. The van der Waals surface area contributed by atoms with Crippen LogP contribution in [0.4, 0.5) is 0 Å². The lowest BCUT2D eigenvalue weighted by molar-refractivity contribution is 0.0950. The number of carbonyl (C=O) groups excluding carboxylic acids is 1. The highest BCUT2D eigenvalue weighted by atomic mass is 32.1. The number of hydrazone groups is 1. The maximum atomic E-state index is 12.0. The number of nitrogens with one attached hydrogen (secondary N) is 2. The highest BCUT2D eigenvalue weighted by Crippen LogP contribution is 2.16. The maximum absolute atomic E-state index is 12.0. The van der Waals surface area contributed by atoms with Gasteiger partial charge in [0.2, 0.25) is 0 Å². The van der Waals surface area contributed by atoms with Crippen LogP contribution in [0.25, 0.3) is 11.3 Å². The van der Waals surface area contributed by atoms with Crippen molar-refractivity contribution in [2.45, 2.75) is 6.92 Å². The molecule has 0 aliphatic heterocycles. The average Bonchev–Trinajstić information content (AvgIpc) is 3.17. The van der Waals surface area contributed by atoms with E-state index in [1.165, 1.54) is 17.6 Å². The molecule has 0 radical (unpaired) electrons. The van der Waals surface area contributed by atoms with Crippen molar-refractivity contribution in [3.05, 3.63) is 58.2 Å². The summed E-state index contributed by atoms with van der Waals surface area (Å²) < 4.78 is 0. The summed E-state index contributed by atoms with van der Waals surface area (Å²) in [4.78, 5) is 16.2. The minimum Gasteiger partial charge on any atom is -0.272 e. The summed E-state index contributed by atoms with van der Waals surface area (Å²) in [5.41, 5.74) is 5.17. The molecule has 0 aliphatic rings. The number of aromatic nitrogens is 3. The Bertz CT molecular complexity index is 806. The van der Waals surface area contributed by atoms with Gasteiger partial charge in [0.05, 0.1) is 22.6 Å². The van der Waals surface area contributed by atoms with Gasteiger partial charge in [-0.25, -0.2) is 10.4 Å². The fourth-order valence-corrected chi connectivity index (χ4v) is 2.41. The minimum absolute atomic E-state index is 0.349. The Balaban J connectivity index is 1.66. The second-order valence-electron chi connectivity index (χ2n) is 4.52. The third kappa shape index (κ3) is 3.26. The molecular formula is C15H13N5OS. The van der Waals surface area contributed by atoms with Crippen LogP contribution in [-0.4, -0.2) is 27.3 Å². The SMILES string of the molecule is Cc1nc(/C=N\NC(=O)c2cc(-c3ccccc3)n[nH]2)cs1. The highest BCUT2D eigenvalue weighted by molar-refractivity contribution is 7.09. The predicted octanol–water partition coefficient (Wildman–Crippen LogP) is 2.61. The number of aryl methyl sites for hydroxylation is 1. The van der Waals surface area contributed by atoms with E-state index >= 15 is 0 Å². The molecule has 2 heterocycles. The molecule has 110 valence electrons. The molecule has 0 atom stereocenters. The standard InChI is InChI=1S/C15H13N5OS/c1-10-17-12(9-22-10)8-16-20-15(21)14-7-13(18-19-14)11-5-3-2-4-6-11/h2-9H,1H3,(H,18,19)(H,20,21)/b16-8-. The summed E-state index contributed by atoms with van der Waals surface area (Å²) >= 11 is 1.53. The quantitative estimate of drug-likeness (QED) is 0.574. The van der Waals surface area contributed by atoms with E-state index in [1.807, 2.05) is 42.6 Å². The van der Waals surface area contributed by atoms with Crippen LogP contribution >= 0.6 is 11.3 Å². The Labute approximate surface area is 130 Å². The Hall–Kier alpha value is -2.80. The lowest BCUT2D eigenvalue weighted by Crippen LogP contribution is -2.18. The zero-order valence-corrected chi connectivity index (χ0v) is 12.6. The van der Waals surface area contributed by atoms with Crippen molar-refractivity contribution >= 4 is 23.5 Å². The van der Waals surface area contributed by atoms with E-state index in [-0.39, 0.29) is 5.91 Å². The van der Waals surface area contributed by atoms with Crippen molar-refractivity contribution in [3.63, 3.8) is 0 Å². The number of hydrogen-bond donors (Lipinski definition) is 2. The van der Waals surface area contributed by atoms with E-state index in [4.69, 9.17) is 0 Å². The lowest BCUT2D eigenvalue weighted by Gasteiger charge is -1.94. The molecule has 1 aromatic carbocycles. The van der Waals surface area contributed by atoms with Crippen molar-refractivity contribution in [2.24, 2.45) is 5.10 Å². The van der Waals surface area contributed by atoms with Gasteiger partial charge in [-0.05, 0) is 13.0 Å². The van der Waals surface area contributed by atoms with Crippen LogP contribution in [0.2, 0.25) is 0 Å². The van der Waals surface area contributed by atoms with Crippen LogP contribution in [0.5, 0.6) is 0 Å². The Morgan fingerprint density at radius 1 is 1.36 bits per heavy atom. The summed E-state index contributed by atoms with van der Waals surface area (Å²) in [6.45, 7) is 1.91. The van der Waals surface area contributed by atoms with Gasteiger partial charge >= 0.3 is 0 Å². The van der Waals surface area contributed by atoms with Crippen LogP contribution in [0.1, 0.15) is 21.2 Å². The highest BCUT2D eigenvalue weighted by Gasteiger charge is 2.10. The third-order valence-electron chi connectivity index (χ3n) is 2.89. The predicted molar refractivity (Wildman–Crippen MR) is 85.9 cm³/mol. The number of hydrogen-bond acceptors (Lipinski definition) is 5. The maximum Gasteiger partial charge on any atom is 0.289 e. The fourth-order valence-electron chi connectivity index (χ4n) is 1.85. The molecule has 3 aromatic rings. The third-order valence-corrected chi connectivity index (χ3v) is 3.68. The number of rotatable bonds is 4. The van der Waals surface area contributed by atoms with Gasteiger partial charge in [-0.1, -0.05) is 30.3 Å². The molecule has 0 saturated carbocycles. The van der Waals surface area contributed by atoms with E-state index in [2.05, 4.69) is 25.7 Å². The lowest BCUT2D eigenvalue weighted by atomic mass is 10.1. The van der Waals surface area contributed by atoms with E-state index in [0.717, 1.165) is 16.3 Å². The Morgan fingerprint density at radius 2 is 2.18 bits per heavy atom. The van der Waals surface area contributed by atoms with Crippen molar-refractivity contribution in [1.29, 1.82) is 0 Å². The molecular weight excluding hydrogens is 298 g/mol. The van der Waals surface area contributed by atoms with Gasteiger partial charge in [-0.3, -0.25) is 9.89 Å². The number of carbonyl (C=O) groups is 1. The molecule has 3 rings (SSSR count). The molecule has 0 fully saturated rings. The molecule has 1 amide bonds. The molecule has 2 aromatic heterocycles. The number of thiazole rings is 1. The van der Waals surface area contributed by atoms with Gasteiger partial charge in [-0.15, -0.1) is 11.3 Å². The zero-order chi connectivity index (χ0) is 15.4. The first-order valence-electron chi connectivity index (χ1n) is 6.59. The molecule has 7 heteroatoms. The Morgan fingerprint density at radius 3 is 2.91 bits per heavy atom. The van der Waals surface area contributed by atoms with Crippen LogP contribution in [0.15, 0.2) is 46.9 Å². The smallest absolute Gasteiger partial charge is 0.272 e. The summed E-state index contributed by atoms with van der Waals surface area (Å²) in [6.07, 6.45) is 1.51. The first kappa shape index (κ1) is 14.2. The van der Waals surface area contributed by atoms with Crippen molar-refractivity contribution in [3.8, 4) is 11.3 Å². The first-order valence-corrected chi connectivity index (χ1v) is 7.47. The number of amides is 1. The molecule has 22 heavy (non-hydrogen) atoms. The molecule has 0 spiro atoms. The summed E-state index contributed by atoms with van der Waals surface area (Å²) in [5, 5.41) is 13.5. The van der Waals surface area contributed by atoms with Gasteiger partial charge < -0.3 is 0 Å². The van der Waals surface area contributed by atoms with E-state index in [9.17, 15) is 4.79 Å². The normalized spacial score (nSPS) is 11.0. The minimum atomic E-state index is -0.349. The van der Waals surface area contributed by atoms with Crippen LogP contribution < -0.4 is 5.43 Å². The van der Waals surface area contributed by atoms with Crippen LogP contribution in [0.3, 0.4) is 0 Å². The largest absolute Gasteiger partial charge is 0.289 e. The number of nitrogens with zero attached hydrogens (tertiary/aromatic N) is 3. The van der Waals surface area contributed by atoms with Crippen LogP contribution in [0, 0.1) is 6.92 Å². The molecule has 0 bridgehead atoms. The second kappa shape index (κ2) is 6.31. The number of benzene rings is 1. The molecule has 0 aliphatic carbocycles. The first-order chi connectivity index (χ1) is 10.7. The average molecular weight is 311 g/mol. The van der Waals surface area contributed by atoms with Crippen molar-refractivity contribution < 1.29 is 4.79 Å². The Kier molecular flexibility index (Phi) is 4.06. The van der Waals surface area contributed by atoms with Gasteiger partial charge in [0, 0.05) is 10.9 Å². The molecule has 0 saturated heterocycles. The summed E-state index contributed by atoms with van der Waals surface area (Å²) in [7, 11) is 0. The van der Waals surface area contributed by atoms with Crippen LogP contribution in [-0.2, 0) is 0 Å². The number of H-pyrrole nitrogens is 1. The van der Waals surface area contributed by atoms with Gasteiger partial charge in [0.15, 0.2) is 0 Å². The zero-order valence-electron chi connectivity index (χ0n) is 11.8. The van der Waals surface area contributed by atoms with E-state index < -0.39 is 0 Å². The summed E-state index contributed by atoms with van der Waals surface area (Å²) in [6, 6.07) is 11.3. The molecule has 6 nitrogen and oxygen atoms in total. The number of aromatic amines is 1. The van der Waals surface area contributed by atoms with Gasteiger partial charge in [0.1, 0.15) is 5.69 Å². The second-order valence-corrected chi connectivity index (χ2v) is 5.59. The monoisotopic (exact) mass is 311 g/mol. The topological polar surface area (TPSA) is 83.0 Å². The van der Waals surface area contributed by atoms with Crippen molar-refractivity contribution in [1.82, 2.24) is 20.6 Å². The van der Waals surface area contributed by atoms with E-state index in [0.29, 0.717) is 11.4 Å². The summed E-state index contributed by atoms with van der Waals surface area (Å²) in [5.74, 6) is -0.349. The van der Waals surface area contributed by atoms with E-state index in [1.54, 1.807) is 6.07 Å². The van der Waals surface area contributed by atoms with Crippen molar-refractivity contribution in [2.75, 3.05) is 0 Å². The molecule has 0 unspecified atom stereocenters. The van der Waals surface area contributed by atoms with Gasteiger partial charge in [0.25, 0.3) is 5.91 Å².